The largest absolute Gasteiger partial charge is 0.459 e. The van der Waals surface area contributed by atoms with Crippen LogP contribution in [0.2, 0.25) is 0 Å². The van der Waals surface area contributed by atoms with E-state index in [1.165, 1.54) is 5.56 Å². The third-order valence-corrected chi connectivity index (χ3v) is 4.84. The van der Waals surface area contributed by atoms with Crippen molar-refractivity contribution in [2.75, 3.05) is 0 Å². The normalized spacial score (nSPS) is 20.7. The molecule has 3 heteroatoms. The zero-order valence-corrected chi connectivity index (χ0v) is 17.3. The minimum Gasteiger partial charge on any atom is -0.459 e. The maximum atomic E-state index is 12.5. The molecule has 2 rings (SSSR count). The maximum Gasteiger partial charge on any atom is 0.333 e. The van der Waals surface area contributed by atoms with E-state index in [0.29, 0.717) is 5.57 Å². The van der Waals surface area contributed by atoms with Gasteiger partial charge < -0.3 is 10.1 Å². The van der Waals surface area contributed by atoms with Gasteiger partial charge in [-0.05, 0) is 59.6 Å². The second-order valence-electron chi connectivity index (χ2n) is 8.89. The predicted molar refractivity (Wildman–Crippen MR) is 109 cm³/mol. The van der Waals surface area contributed by atoms with Crippen molar-refractivity contribution < 1.29 is 9.53 Å². The van der Waals surface area contributed by atoms with Crippen LogP contribution in [0, 0.1) is 6.92 Å². The summed E-state index contributed by atoms with van der Waals surface area (Å²) >= 11 is 0. The third kappa shape index (κ3) is 5.84. The Morgan fingerprint density at radius 3 is 2.12 bits per heavy atom. The van der Waals surface area contributed by atoms with E-state index in [0.717, 1.165) is 24.0 Å². The number of carbonyl (C=O) groups is 1. The molecule has 0 saturated carbocycles. The highest BCUT2D eigenvalue weighted by molar-refractivity contribution is 5.88. The number of piperidine rings is 1. The summed E-state index contributed by atoms with van der Waals surface area (Å²) in [4.78, 5) is 12.5. The van der Waals surface area contributed by atoms with Crippen LogP contribution in [0.3, 0.4) is 0 Å². The van der Waals surface area contributed by atoms with Crippen LogP contribution in [0.5, 0.6) is 0 Å². The fourth-order valence-corrected chi connectivity index (χ4v) is 3.79. The number of benzene rings is 1. The molecule has 3 nitrogen and oxygen atoms in total. The molecule has 0 radical (unpaired) electrons. The molecule has 0 amide bonds. The molecule has 1 saturated heterocycles. The van der Waals surface area contributed by atoms with Gasteiger partial charge >= 0.3 is 5.97 Å². The number of ether oxygens (including phenoxy) is 1. The van der Waals surface area contributed by atoms with Crippen LogP contribution in [-0.2, 0) is 9.53 Å². The molecule has 26 heavy (non-hydrogen) atoms. The van der Waals surface area contributed by atoms with E-state index in [1.807, 2.05) is 19.1 Å². The predicted octanol–water partition coefficient (Wildman–Crippen LogP) is 5.20. The van der Waals surface area contributed by atoms with Crippen LogP contribution < -0.4 is 5.32 Å². The van der Waals surface area contributed by atoms with Crippen LogP contribution in [0.25, 0.3) is 5.57 Å². The molecule has 1 aromatic carbocycles. The van der Waals surface area contributed by atoms with Crippen LogP contribution in [0.1, 0.15) is 65.5 Å². The molecule has 1 fully saturated rings. The van der Waals surface area contributed by atoms with E-state index < -0.39 is 0 Å². The summed E-state index contributed by atoms with van der Waals surface area (Å²) in [7, 11) is 0. The zero-order chi connectivity index (χ0) is 19.5. The van der Waals surface area contributed by atoms with Gasteiger partial charge in [0.05, 0.1) is 0 Å². The van der Waals surface area contributed by atoms with Gasteiger partial charge in [-0.25, -0.2) is 4.79 Å². The van der Waals surface area contributed by atoms with Crippen molar-refractivity contribution in [2.45, 2.75) is 78.5 Å². The highest BCUT2D eigenvalue weighted by Crippen LogP contribution is 2.30. The van der Waals surface area contributed by atoms with E-state index in [-0.39, 0.29) is 23.2 Å². The Balaban J connectivity index is 2.03. The van der Waals surface area contributed by atoms with Crippen molar-refractivity contribution in [3.63, 3.8) is 0 Å². The molecular formula is C23H33NO2. The standard InChI is InChI=1S/C23H33NO2/c1-16-8-12-19(13-9-16)17(2)10-11-18(3)21(25)26-20-14-22(4,5)24-23(6,7)15-20/h8-13,20,24H,14-15H2,1-7H3/b17-10+,18-11+. The quantitative estimate of drug-likeness (QED) is 0.458. The minimum absolute atomic E-state index is 0.0355. The average Bonchev–Trinajstić information content (AvgIpc) is 2.49. The number of carbonyl (C=O) groups excluding carboxylic acids is 1. The van der Waals surface area contributed by atoms with Gasteiger partial charge in [0.25, 0.3) is 0 Å². The lowest BCUT2D eigenvalue weighted by molar-refractivity contribution is -0.148. The Hall–Kier alpha value is -1.87. The molecule has 1 N–H and O–H groups in total. The number of hydrogen-bond donors (Lipinski definition) is 1. The number of hydrogen-bond acceptors (Lipinski definition) is 3. The van der Waals surface area contributed by atoms with Gasteiger partial charge in [-0.3, -0.25) is 0 Å². The summed E-state index contributed by atoms with van der Waals surface area (Å²) in [5, 5.41) is 3.61. The Bertz CT molecular complexity index is 692. The molecule has 142 valence electrons. The number of rotatable bonds is 4. The number of esters is 1. The molecular weight excluding hydrogens is 322 g/mol. The summed E-state index contributed by atoms with van der Waals surface area (Å²) in [5.41, 5.74) is 4.09. The van der Waals surface area contributed by atoms with Crippen molar-refractivity contribution >= 4 is 11.5 Å². The van der Waals surface area contributed by atoms with E-state index >= 15 is 0 Å². The van der Waals surface area contributed by atoms with E-state index in [2.05, 4.69) is 71.1 Å². The molecule has 1 aliphatic rings. The molecule has 0 atom stereocenters. The lowest BCUT2D eigenvalue weighted by Crippen LogP contribution is -2.59. The Kier molecular flexibility index (Phi) is 6.13. The first kappa shape index (κ1) is 20.4. The molecule has 0 unspecified atom stereocenters. The lowest BCUT2D eigenvalue weighted by atomic mass is 9.81. The van der Waals surface area contributed by atoms with Crippen LogP contribution in [0.4, 0.5) is 0 Å². The first-order chi connectivity index (χ1) is 12.0. The van der Waals surface area contributed by atoms with Crippen molar-refractivity contribution in [1.82, 2.24) is 5.32 Å². The summed E-state index contributed by atoms with van der Waals surface area (Å²) in [5.74, 6) is -0.226. The molecule has 1 heterocycles. The van der Waals surface area contributed by atoms with Gasteiger partial charge in [0.1, 0.15) is 6.10 Å². The average molecular weight is 356 g/mol. The Morgan fingerprint density at radius 1 is 1.04 bits per heavy atom. The fraction of sp³-hybridized carbons (Fsp3) is 0.522. The van der Waals surface area contributed by atoms with Gasteiger partial charge in [-0.2, -0.15) is 0 Å². The van der Waals surface area contributed by atoms with Crippen molar-refractivity contribution in [1.29, 1.82) is 0 Å². The monoisotopic (exact) mass is 355 g/mol. The van der Waals surface area contributed by atoms with Crippen molar-refractivity contribution in [2.24, 2.45) is 0 Å². The van der Waals surface area contributed by atoms with E-state index in [9.17, 15) is 4.79 Å². The van der Waals surface area contributed by atoms with Gasteiger partial charge in [0.15, 0.2) is 0 Å². The summed E-state index contributed by atoms with van der Waals surface area (Å²) in [6.07, 6.45) is 5.44. The Labute approximate surface area is 158 Å². The molecule has 0 bridgehead atoms. The van der Waals surface area contributed by atoms with Crippen molar-refractivity contribution in [3.8, 4) is 0 Å². The third-order valence-electron chi connectivity index (χ3n) is 4.84. The van der Waals surface area contributed by atoms with Gasteiger partial charge in [-0.1, -0.05) is 42.0 Å². The zero-order valence-electron chi connectivity index (χ0n) is 17.3. The smallest absolute Gasteiger partial charge is 0.333 e. The molecule has 1 aromatic rings. The molecule has 0 aliphatic carbocycles. The first-order valence-corrected chi connectivity index (χ1v) is 9.40. The van der Waals surface area contributed by atoms with Crippen LogP contribution >= 0.6 is 0 Å². The van der Waals surface area contributed by atoms with Gasteiger partial charge in [0.2, 0.25) is 0 Å². The summed E-state index contributed by atoms with van der Waals surface area (Å²) in [6.45, 7) is 14.6. The molecule has 0 aromatic heterocycles. The van der Waals surface area contributed by atoms with E-state index in [4.69, 9.17) is 4.74 Å². The lowest BCUT2D eigenvalue weighted by Gasteiger charge is -2.45. The number of nitrogens with one attached hydrogen (secondary N) is 1. The van der Waals surface area contributed by atoms with Gasteiger partial charge in [-0.15, -0.1) is 0 Å². The highest BCUT2D eigenvalue weighted by Gasteiger charge is 2.39. The first-order valence-electron chi connectivity index (χ1n) is 9.40. The fourth-order valence-electron chi connectivity index (χ4n) is 3.79. The Morgan fingerprint density at radius 2 is 1.58 bits per heavy atom. The molecule has 0 spiro atoms. The summed E-state index contributed by atoms with van der Waals surface area (Å²) in [6, 6.07) is 8.39. The highest BCUT2D eigenvalue weighted by atomic mass is 16.5. The van der Waals surface area contributed by atoms with Crippen LogP contribution in [0.15, 0.2) is 42.0 Å². The SMILES string of the molecule is C/C(=C\C=C(/C)c1ccc(C)cc1)C(=O)OC1CC(C)(C)NC(C)(C)C1. The van der Waals surface area contributed by atoms with Crippen molar-refractivity contribution in [3.05, 3.63) is 53.1 Å². The van der Waals surface area contributed by atoms with E-state index in [1.54, 1.807) is 0 Å². The topological polar surface area (TPSA) is 38.3 Å². The maximum absolute atomic E-state index is 12.5. The summed E-state index contributed by atoms with van der Waals surface area (Å²) < 4.78 is 5.80. The van der Waals surface area contributed by atoms with Gasteiger partial charge in [0, 0.05) is 29.5 Å². The number of allylic oxidation sites excluding steroid dienone is 3. The minimum atomic E-state index is -0.226. The number of aryl methyl sites for hydroxylation is 1. The second kappa shape index (κ2) is 7.79. The second-order valence-corrected chi connectivity index (χ2v) is 8.89. The molecule has 1 aliphatic heterocycles. The van der Waals surface area contributed by atoms with Crippen LogP contribution in [-0.4, -0.2) is 23.2 Å².